The van der Waals surface area contributed by atoms with Gasteiger partial charge in [0, 0.05) is 16.1 Å². The summed E-state index contributed by atoms with van der Waals surface area (Å²) in [5.41, 5.74) is 12.0. The van der Waals surface area contributed by atoms with Crippen LogP contribution in [-0.2, 0) is 0 Å². The van der Waals surface area contributed by atoms with Crippen LogP contribution in [0.5, 0.6) is 5.75 Å². The number of benzene rings is 1. The van der Waals surface area contributed by atoms with Gasteiger partial charge in [-0.1, -0.05) is 15.9 Å². The highest BCUT2D eigenvalue weighted by atomic mass is 79.9. The van der Waals surface area contributed by atoms with Crippen LogP contribution in [0.3, 0.4) is 0 Å². The predicted octanol–water partition coefficient (Wildman–Crippen LogP) is 1.80. The van der Waals surface area contributed by atoms with Crippen molar-refractivity contribution >= 4 is 28.3 Å². The van der Waals surface area contributed by atoms with Crippen LogP contribution in [-0.4, -0.2) is 11.7 Å². The number of nitrogens with two attached hydrogens (primary N) is 2. The van der Waals surface area contributed by atoms with E-state index in [1.165, 1.54) is 6.07 Å². The van der Waals surface area contributed by atoms with Gasteiger partial charge in [0.1, 0.15) is 11.8 Å². The van der Waals surface area contributed by atoms with Gasteiger partial charge < -0.3 is 16.6 Å². The minimum Gasteiger partial charge on any atom is -0.506 e. The summed E-state index contributed by atoms with van der Waals surface area (Å²) in [4.78, 5) is 0. The van der Waals surface area contributed by atoms with Gasteiger partial charge in [-0.25, -0.2) is 0 Å². The van der Waals surface area contributed by atoms with Crippen LogP contribution in [0.2, 0.25) is 0 Å². The molecule has 88 valence electrons. The maximum Gasteiger partial charge on any atom is 0.139 e. The van der Waals surface area contributed by atoms with Crippen molar-refractivity contribution in [2.24, 2.45) is 11.5 Å². The Balaban J connectivity index is 0.00000225. The molecule has 0 heterocycles. The number of nitrogens with zero attached hydrogens (tertiary/aromatic N) is 1. The molecule has 0 aliphatic heterocycles. The van der Waals surface area contributed by atoms with E-state index in [0.29, 0.717) is 23.0 Å². The number of hydrogen-bond acceptors (Lipinski definition) is 4. The van der Waals surface area contributed by atoms with Crippen molar-refractivity contribution in [1.82, 2.24) is 0 Å². The topological polar surface area (TPSA) is 96.1 Å². The van der Waals surface area contributed by atoms with E-state index in [1.54, 1.807) is 6.07 Å². The lowest BCUT2D eigenvalue weighted by Gasteiger charge is -2.15. The Morgan fingerprint density at radius 1 is 1.50 bits per heavy atom. The van der Waals surface area contributed by atoms with Crippen LogP contribution in [0.25, 0.3) is 0 Å². The molecule has 4 nitrogen and oxygen atoms in total. The largest absolute Gasteiger partial charge is 0.506 e. The van der Waals surface area contributed by atoms with E-state index < -0.39 is 0 Å². The lowest BCUT2D eigenvalue weighted by Crippen LogP contribution is -2.16. The summed E-state index contributed by atoms with van der Waals surface area (Å²) < 4.78 is 0.694. The van der Waals surface area contributed by atoms with Crippen LogP contribution in [0.15, 0.2) is 16.6 Å². The fraction of sp³-hybridized carbons (Fsp3) is 0.300. The van der Waals surface area contributed by atoms with Gasteiger partial charge in [-0.05, 0) is 25.1 Å². The number of phenolic OH excluding ortho intramolecular Hbond substituents is 1. The molecule has 0 bridgehead atoms. The number of rotatable bonds is 3. The molecule has 6 heteroatoms. The van der Waals surface area contributed by atoms with Crippen LogP contribution in [0.1, 0.15) is 23.6 Å². The summed E-state index contributed by atoms with van der Waals surface area (Å²) in [6, 6.07) is 4.78. The van der Waals surface area contributed by atoms with Crippen molar-refractivity contribution < 1.29 is 5.11 Å². The van der Waals surface area contributed by atoms with E-state index in [9.17, 15) is 5.11 Å². The maximum absolute atomic E-state index is 9.79. The van der Waals surface area contributed by atoms with Crippen LogP contribution in [0, 0.1) is 11.3 Å². The van der Waals surface area contributed by atoms with Gasteiger partial charge in [-0.15, -0.1) is 12.4 Å². The number of nitriles is 1. The third-order valence-electron chi connectivity index (χ3n) is 2.13. The lowest BCUT2D eigenvalue weighted by molar-refractivity contribution is 0.456. The van der Waals surface area contributed by atoms with E-state index in [2.05, 4.69) is 15.9 Å². The SMILES string of the molecule is Cl.N#Cc1ccc(Br)c([C@H](N)CCN)c1O. The smallest absolute Gasteiger partial charge is 0.139 e. The highest BCUT2D eigenvalue weighted by Crippen LogP contribution is 2.34. The standard InChI is InChI=1S/C10H12BrN3O.ClH/c11-7-2-1-6(5-13)10(15)9(7)8(14)3-4-12;/h1-2,8,15H,3-4,12,14H2;1H/t8-;/m1./s1. The Morgan fingerprint density at radius 2 is 2.12 bits per heavy atom. The van der Waals surface area contributed by atoms with Crippen LogP contribution < -0.4 is 11.5 Å². The van der Waals surface area contributed by atoms with Gasteiger partial charge >= 0.3 is 0 Å². The normalized spacial score (nSPS) is 11.4. The molecule has 0 aromatic heterocycles. The van der Waals surface area contributed by atoms with Crippen molar-refractivity contribution in [2.75, 3.05) is 6.54 Å². The monoisotopic (exact) mass is 305 g/mol. The fourth-order valence-corrected chi connectivity index (χ4v) is 1.96. The van der Waals surface area contributed by atoms with E-state index >= 15 is 0 Å². The third kappa shape index (κ3) is 3.09. The predicted molar refractivity (Wildman–Crippen MR) is 68.4 cm³/mol. The fourth-order valence-electron chi connectivity index (χ4n) is 1.35. The molecule has 0 fully saturated rings. The first-order valence-electron chi connectivity index (χ1n) is 4.49. The van der Waals surface area contributed by atoms with E-state index in [4.69, 9.17) is 16.7 Å². The highest BCUT2D eigenvalue weighted by molar-refractivity contribution is 9.10. The second-order valence-corrected chi connectivity index (χ2v) is 4.01. The number of hydrogen-bond donors (Lipinski definition) is 3. The lowest BCUT2D eigenvalue weighted by atomic mass is 10.0. The maximum atomic E-state index is 9.79. The summed E-state index contributed by atoms with van der Waals surface area (Å²) in [5.74, 6) is -0.0622. The molecule has 0 aliphatic carbocycles. The summed E-state index contributed by atoms with van der Waals surface area (Å²) in [7, 11) is 0. The van der Waals surface area contributed by atoms with Crippen LogP contribution in [0.4, 0.5) is 0 Å². The van der Waals surface area contributed by atoms with Gasteiger partial charge in [0.15, 0.2) is 0 Å². The van der Waals surface area contributed by atoms with Crippen molar-refractivity contribution in [3.05, 3.63) is 27.7 Å². The zero-order valence-electron chi connectivity index (χ0n) is 8.48. The van der Waals surface area contributed by atoms with Crippen molar-refractivity contribution in [1.29, 1.82) is 5.26 Å². The summed E-state index contributed by atoms with van der Waals surface area (Å²) >= 11 is 3.29. The van der Waals surface area contributed by atoms with E-state index in [-0.39, 0.29) is 29.8 Å². The highest BCUT2D eigenvalue weighted by Gasteiger charge is 2.16. The minimum absolute atomic E-state index is 0. The number of halogens is 2. The van der Waals surface area contributed by atoms with Crippen molar-refractivity contribution in [3.63, 3.8) is 0 Å². The molecule has 1 atom stereocenters. The third-order valence-corrected chi connectivity index (χ3v) is 2.82. The minimum atomic E-state index is -0.363. The zero-order valence-corrected chi connectivity index (χ0v) is 10.9. The summed E-state index contributed by atoms with van der Waals surface area (Å²) in [6.45, 7) is 0.434. The molecule has 16 heavy (non-hydrogen) atoms. The number of phenols is 1. The van der Waals surface area contributed by atoms with Crippen molar-refractivity contribution in [3.8, 4) is 11.8 Å². The average Bonchev–Trinajstić information content (AvgIpc) is 2.18. The Morgan fingerprint density at radius 3 is 2.62 bits per heavy atom. The molecule has 1 aromatic carbocycles. The first kappa shape index (κ1) is 15.2. The second kappa shape index (κ2) is 6.71. The molecule has 1 aromatic rings. The Bertz CT molecular complexity index is 406. The van der Waals surface area contributed by atoms with Crippen molar-refractivity contribution in [2.45, 2.75) is 12.5 Å². The first-order valence-corrected chi connectivity index (χ1v) is 5.28. The average molecular weight is 307 g/mol. The van der Waals surface area contributed by atoms with Gasteiger partial charge in [0.25, 0.3) is 0 Å². The molecular formula is C10H13BrClN3O. The van der Waals surface area contributed by atoms with Gasteiger partial charge in [0.05, 0.1) is 5.56 Å². The number of aromatic hydroxyl groups is 1. The van der Waals surface area contributed by atoms with Gasteiger partial charge in [-0.2, -0.15) is 5.26 Å². The van der Waals surface area contributed by atoms with Gasteiger partial charge in [0.2, 0.25) is 0 Å². The molecular weight excluding hydrogens is 293 g/mol. The van der Waals surface area contributed by atoms with Gasteiger partial charge in [-0.3, -0.25) is 0 Å². The Kier molecular flexibility index (Phi) is 6.38. The quantitative estimate of drug-likeness (QED) is 0.793. The summed E-state index contributed by atoms with van der Waals surface area (Å²) in [6.07, 6.45) is 0.557. The Hall–Kier alpha value is -0.800. The Labute approximate surface area is 109 Å². The van der Waals surface area contributed by atoms with E-state index in [0.717, 1.165) is 0 Å². The summed E-state index contributed by atoms with van der Waals surface area (Å²) in [5, 5.41) is 18.5. The first-order chi connectivity index (χ1) is 7.11. The molecule has 0 spiro atoms. The molecule has 0 amide bonds. The molecule has 1 rings (SSSR count). The van der Waals surface area contributed by atoms with Crippen LogP contribution >= 0.6 is 28.3 Å². The zero-order chi connectivity index (χ0) is 11.4. The molecule has 0 unspecified atom stereocenters. The molecule has 0 saturated heterocycles. The molecule has 0 aliphatic rings. The molecule has 0 saturated carbocycles. The van der Waals surface area contributed by atoms with E-state index in [1.807, 2.05) is 6.07 Å². The second-order valence-electron chi connectivity index (χ2n) is 3.15. The molecule has 5 N–H and O–H groups in total. The molecule has 0 radical (unpaired) electrons.